The van der Waals surface area contributed by atoms with Crippen molar-refractivity contribution in [1.82, 2.24) is 4.98 Å². The van der Waals surface area contributed by atoms with Crippen LogP contribution in [0, 0.1) is 5.82 Å². The van der Waals surface area contributed by atoms with Gasteiger partial charge >= 0.3 is 0 Å². The monoisotopic (exact) mass is 288 g/mol. The van der Waals surface area contributed by atoms with Gasteiger partial charge in [0.25, 0.3) is 0 Å². The van der Waals surface area contributed by atoms with E-state index in [4.69, 9.17) is 17.3 Å². The van der Waals surface area contributed by atoms with Gasteiger partial charge in [-0.25, -0.2) is 4.39 Å². The van der Waals surface area contributed by atoms with Crippen molar-refractivity contribution in [2.45, 2.75) is 13.3 Å². The van der Waals surface area contributed by atoms with Gasteiger partial charge in [0.05, 0.1) is 10.7 Å². The molecule has 0 saturated carbocycles. The highest BCUT2D eigenvalue weighted by Gasteiger charge is 2.09. The Bertz CT molecular complexity index is 769. The van der Waals surface area contributed by atoms with E-state index in [1.807, 2.05) is 24.4 Å². The second-order valence-electron chi connectivity index (χ2n) is 4.78. The molecule has 0 atom stereocenters. The van der Waals surface area contributed by atoms with Crippen molar-refractivity contribution in [3.63, 3.8) is 0 Å². The van der Waals surface area contributed by atoms with E-state index in [0.29, 0.717) is 0 Å². The van der Waals surface area contributed by atoms with Gasteiger partial charge < -0.3 is 10.7 Å². The van der Waals surface area contributed by atoms with E-state index >= 15 is 0 Å². The molecule has 0 aliphatic heterocycles. The fourth-order valence-electron chi connectivity index (χ4n) is 2.40. The van der Waals surface area contributed by atoms with Crippen molar-refractivity contribution in [3.8, 4) is 11.1 Å². The molecule has 0 bridgehead atoms. The number of aromatic nitrogens is 1. The summed E-state index contributed by atoms with van der Waals surface area (Å²) in [4.78, 5) is 3.23. The molecule has 2 aromatic carbocycles. The number of nitrogens with one attached hydrogen (secondary N) is 1. The highest BCUT2D eigenvalue weighted by atomic mass is 35.5. The maximum Gasteiger partial charge on any atom is 0.148 e. The lowest BCUT2D eigenvalue weighted by Gasteiger charge is -2.07. The van der Waals surface area contributed by atoms with E-state index in [9.17, 15) is 4.39 Å². The van der Waals surface area contributed by atoms with Crippen LogP contribution in [0.15, 0.2) is 36.5 Å². The first-order chi connectivity index (χ1) is 9.60. The van der Waals surface area contributed by atoms with Gasteiger partial charge in [0.2, 0.25) is 0 Å². The molecule has 0 fully saturated rings. The van der Waals surface area contributed by atoms with Crippen LogP contribution in [0.4, 0.5) is 10.1 Å². The lowest BCUT2D eigenvalue weighted by atomic mass is 10.0. The van der Waals surface area contributed by atoms with E-state index in [1.54, 1.807) is 6.07 Å². The fraction of sp³-hybridized carbons (Fsp3) is 0.125. The Morgan fingerprint density at radius 1 is 1.20 bits per heavy atom. The summed E-state index contributed by atoms with van der Waals surface area (Å²) in [6.45, 7) is 2.11. The smallest absolute Gasteiger partial charge is 0.148 e. The summed E-state index contributed by atoms with van der Waals surface area (Å²) in [6.07, 6.45) is 2.95. The van der Waals surface area contributed by atoms with Crippen LogP contribution in [0.2, 0.25) is 5.02 Å². The molecule has 20 heavy (non-hydrogen) atoms. The van der Waals surface area contributed by atoms with Crippen molar-refractivity contribution in [1.29, 1.82) is 0 Å². The zero-order chi connectivity index (χ0) is 14.3. The summed E-state index contributed by atoms with van der Waals surface area (Å²) in [5.74, 6) is -0.489. The molecule has 2 nitrogen and oxygen atoms in total. The second kappa shape index (κ2) is 4.84. The maximum absolute atomic E-state index is 13.7. The Morgan fingerprint density at radius 2 is 2.00 bits per heavy atom. The molecule has 3 rings (SSSR count). The molecule has 0 amide bonds. The van der Waals surface area contributed by atoms with E-state index in [0.717, 1.165) is 28.5 Å². The number of aromatic amines is 1. The summed E-state index contributed by atoms with van der Waals surface area (Å²) in [7, 11) is 0. The van der Waals surface area contributed by atoms with Crippen LogP contribution >= 0.6 is 11.6 Å². The van der Waals surface area contributed by atoms with Gasteiger partial charge in [-0.2, -0.15) is 0 Å². The highest BCUT2D eigenvalue weighted by Crippen LogP contribution is 2.32. The van der Waals surface area contributed by atoms with Gasteiger partial charge in [-0.15, -0.1) is 0 Å². The lowest BCUT2D eigenvalue weighted by Crippen LogP contribution is -1.92. The van der Waals surface area contributed by atoms with Crippen molar-refractivity contribution in [2.75, 3.05) is 5.73 Å². The summed E-state index contributed by atoms with van der Waals surface area (Å²) >= 11 is 5.95. The number of anilines is 1. The Labute approximate surface area is 121 Å². The van der Waals surface area contributed by atoms with E-state index in [2.05, 4.69) is 11.9 Å². The Balaban J connectivity index is 2.19. The standard InChI is InChI=1S/C16H14ClFN2/c1-2-9-8-20-15-4-3-10(5-12(9)15)11-6-13(17)16(19)14(18)7-11/h3-8,20H,2,19H2,1H3. The van der Waals surface area contributed by atoms with Crippen molar-refractivity contribution in [3.05, 3.63) is 52.9 Å². The van der Waals surface area contributed by atoms with E-state index in [1.165, 1.54) is 11.6 Å². The number of hydrogen-bond donors (Lipinski definition) is 2. The van der Waals surface area contributed by atoms with Crippen LogP contribution in [0.5, 0.6) is 0 Å². The number of hydrogen-bond acceptors (Lipinski definition) is 1. The lowest BCUT2D eigenvalue weighted by molar-refractivity contribution is 0.633. The zero-order valence-corrected chi connectivity index (χ0v) is 11.8. The minimum absolute atomic E-state index is 0.00705. The zero-order valence-electron chi connectivity index (χ0n) is 11.0. The van der Waals surface area contributed by atoms with Gasteiger partial charge in [0, 0.05) is 17.1 Å². The summed E-state index contributed by atoms with van der Waals surface area (Å²) < 4.78 is 13.7. The number of fused-ring (bicyclic) bond motifs is 1. The quantitative estimate of drug-likeness (QED) is 0.655. The minimum atomic E-state index is -0.489. The van der Waals surface area contributed by atoms with E-state index < -0.39 is 5.82 Å². The number of benzene rings is 2. The molecule has 0 spiro atoms. The maximum atomic E-state index is 13.7. The Kier molecular flexibility index (Phi) is 3.14. The molecule has 0 aliphatic carbocycles. The number of halogens is 2. The van der Waals surface area contributed by atoms with Gasteiger partial charge in [-0.05, 0) is 47.4 Å². The first kappa shape index (κ1) is 13.0. The highest BCUT2D eigenvalue weighted by molar-refractivity contribution is 6.33. The molecule has 0 radical (unpaired) electrons. The number of H-pyrrole nitrogens is 1. The topological polar surface area (TPSA) is 41.8 Å². The molecule has 102 valence electrons. The van der Waals surface area contributed by atoms with Gasteiger partial charge in [0.15, 0.2) is 0 Å². The second-order valence-corrected chi connectivity index (χ2v) is 5.19. The number of rotatable bonds is 2. The molecule has 3 N–H and O–H groups in total. The third-order valence-electron chi connectivity index (χ3n) is 3.56. The molecule has 3 aromatic rings. The first-order valence-corrected chi connectivity index (χ1v) is 6.83. The van der Waals surface area contributed by atoms with Crippen LogP contribution in [0.3, 0.4) is 0 Å². The Morgan fingerprint density at radius 3 is 2.70 bits per heavy atom. The summed E-state index contributed by atoms with van der Waals surface area (Å²) in [5, 5.41) is 1.39. The van der Waals surface area contributed by atoms with Crippen LogP contribution in [0.25, 0.3) is 22.0 Å². The van der Waals surface area contributed by atoms with Gasteiger partial charge in [-0.1, -0.05) is 24.6 Å². The summed E-state index contributed by atoms with van der Waals surface area (Å²) in [5.41, 5.74) is 9.50. The third kappa shape index (κ3) is 2.04. The van der Waals surface area contributed by atoms with Crippen LogP contribution < -0.4 is 5.73 Å². The third-order valence-corrected chi connectivity index (χ3v) is 3.87. The summed E-state index contributed by atoms with van der Waals surface area (Å²) in [6, 6.07) is 9.09. The van der Waals surface area contributed by atoms with Crippen molar-refractivity contribution in [2.24, 2.45) is 0 Å². The van der Waals surface area contributed by atoms with E-state index in [-0.39, 0.29) is 10.7 Å². The molecule has 1 aromatic heterocycles. The fourth-order valence-corrected chi connectivity index (χ4v) is 2.61. The molecule has 4 heteroatoms. The van der Waals surface area contributed by atoms with Gasteiger partial charge in [0.1, 0.15) is 5.82 Å². The molecule has 1 heterocycles. The molecule has 0 aliphatic rings. The SMILES string of the molecule is CCc1c[nH]c2ccc(-c3cc(F)c(N)c(Cl)c3)cc12. The van der Waals surface area contributed by atoms with Gasteiger partial charge in [-0.3, -0.25) is 0 Å². The molecular formula is C16H14ClFN2. The average Bonchev–Trinajstić information content (AvgIpc) is 2.86. The predicted octanol–water partition coefficient (Wildman–Crippen LogP) is 4.77. The molecule has 0 unspecified atom stereocenters. The van der Waals surface area contributed by atoms with Crippen LogP contribution in [-0.4, -0.2) is 4.98 Å². The predicted molar refractivity (Wildman–Crippen MR) is 82.5 cm³/mol. The normalized spacial score (nSPS) is 11.2. The van der Waals surface area contributed by atoms with Crippen molar-refractivity contribution < 1.29 is 4.39 Å². The Hall–Kier alpha value is -2.00. The molecule has 0 saturated heterocycles. The minimum Gasteiger partial charge on any atom is -0.395 e. The van der Waals surface area contributed by atoms with Crippen LogP contribution in [-0.2, 0) is 6.42 Å². The molecular weight excluding hydrogens is 275 g/mol. The first-order valence-electron chi connectivity index (χ1n) is 6.45. The number of aryl methyl sites for hydroxylation is 1. The van der Waals surface area contributed by atoms with Crippen molar-refractivity contribution >= 4 is 28.2 Å². The average molecular weight is 289 g/mol. The number of nitrogen functional groups attached to an aromatic ring is 1. The largest absolute Gasteiger partial charge is 0.395 e. The number of nitrogens with two attached hydrogens (primary N) is 1. The van der Waals surface area contributed by atoms with Crippen LogP contribution in [0.1, 0.15) is 12.5 Å².